The lowest BCUT2D eigenvalue weighted by atomic mass is 9.87. The van der Waals surface area contributed by atoms with Crippen molar-refractivity contribution in [2.45, 2.75) is 66.2 Å². The van der Waals surface area contributed by atoms with Crippen LogP contribution in [0.25, 0.3) is 0 Å². The maximum Gasteiger partial charge on any atom is 0.0319 e. The molecule has 0 aromatic heterocycles. The molecule has 0 aromatic carbocycles. The molecule has 0 saturated carbocycles. The molecule has 0 rings (SSSR count). The first-order valence-corrected chi connectivity index (χ1v) is 6.17. The average molecular weight is 202 g/mol. The maximum atomic E-state index is 7.00. The fourth-order valence-corrected chi connectivity index (χ4v) is 1.62. The number of aliphatic hydroxyl groups is 1. The van der Waals surface area contributed by atoms with Crippen LogP contribution in [-0.4, -0.2) is 12.2 Å². The van der Waals surface area contributed by atoms with Gasteiger partial charge in [-0.05, 0) is 11.8 Å². The van der Waals surface area contributed by atoms with Crippen molar-refractivity contribution in [3.8, 4) is 0 Å². The summed E-state index contributed by atoms with van der Waals surface area (Å²) in [5, 5.41) is 7.00. The Balaban J connectivity index is 0. The van der Waals surface area contributed by atoms with Gasteiger partial charge in [0, 0.05) is 7.11 Å². The lowest BCUT2D eigenvalue weighted by Gasteiger charge is -2.19. The van der Waals surface area contributed by atoms with Gasteiger partial charge in [-0.15, -0.1) is 0 Å². The zero-order chi connectivity index (χ0) is 11.4. The highest BCUT2D eigenvalue weighted by molar-refractivity contribution is 4.61. The van der Waals surface area contributed by atoms with Gasteiger partial charge in [-0.3, -0.25) is 0 Å². The minimum Gasteiger partial charge on any atom is -0.400 e. The molecule has 0 bridgehead atoms. The molecule has 88 valence electrons. The van der Waals surface area contributed by atoms with Gasteiger partial charge in [-0.2, -0.15) is 0 Å². The van der Waals surface area contributed by atoms with Crippen LogP contribution in [0, 0.1) is 11.8 Å². The summed E-state index contributed by atoms with van der Waals surface area (Å²) in [4.78, 5) is 0. The molecule has 1 heteroatoms. The van der Waals surface area contributed by atoms with Gasteiger partial charge in [0.15, 0.2) is 0 Å². The van der Waals surface area contributed by atoms with Crippen molar-refractivity contribution in [3.63, 3.8) is 0 Å². The third kappa shape index (κ3) is 10.0. The Morgan fingerprint density at radius 3 is 1.29 bits per heavy atom. The molecule has 1 N–H and O–H groups in total. The number of hydrogen-bond acceptors (Lipinski definition) is 1. The molecular weight excluding hydrogens is 172 g/mol. The van der Waals surface area contributed by atoms with Crippen LogP contribution in [0.4, 0.5) is 0 Å². The van der Waals surface area contributed by atoms with Crippen LogP contribution in [0.5, 0.6) is 0 Å². The van der Waals surface area contributed by atoms with E-state index in [4.69, 9.17) is 5.11 Å². The Bertz CT molecular complexity index is 79.2. The van der Waals surface area contributed by atoms with E-state index in [-0.39, 0.29) is 0 Å². The Hall–Kier alpha value is -0.0400. The molecule has 0 heterocycles. The SMILES string of the molecule is CCCCC(C)C(C)CCCC.CO. The number of rotatable bonds is 7. The van der Waals surface area contributed by atoms with Crippen molar-refractivity contribution >= 4 is 0 Å². The standard InChI is InChI=1S/C12H26.CH4O/c1-5-7-9-11(3)12(4)10-8-6-2;1-2/h11-12H,5-10H2,1-4H3;2H,1H3. The molecular formula is C13H30O. The monoisotopic (exact) mass is 202 g/mol. The minimum atomic E-state index is 0.941. The van der Waals surface area contributed by atoms with E-state index in [9.17, 15) is 0 Å². The van der Waals surface area contributed by atoms with E-state index in [0.29, 0.717) is 0 Å². The van der Waals surface area contributed by atoms with Crippen molar-refractivity contribution < 1.29 is 5.11 Å². The molecule has 0 aliphatic heterocycles. The van der Waals surface area contributed by atoms with Crippen LogP contribution < -0.4 is 0 Å². The second kappa shape index (κ2) is 13.0. The predicted octanol–water partition coefficient (Wildman–Crippen LogP) is 4.25. The fourth-order valence-electron chi connectivity index (χ4n) is 1.62. The summed E-state index contributed by atoms with van der Waals surface area (Å²) >= 11 is 0. The Kier molecular flexibility index (Phi) is 15.2. The van der Waals surface area contributed by atoms with Gasteiger partial charge in [-0.1, -0.05) is 66.2 Å². The highest BCUT2D eigenvalue weighted by atomic mass is 16.2. The first-order valence-electron chi connectivity index (χ1n) is 6.17. The second-order valence-corrected chi connectivity index (χ2v) is 4.24. The summed E-state index contributed by atoms with van der Waals surface area (Å²) in [5.41, 5.74) is 0. The van der Waals surface area contributed by atoms with E-state index in [1.165, 1.54) is 38.5 Å². The van der Waals surface area contributed by atoms with E-state index < -0.39 is 0 Å². The summed E-state index contributed by atoms with van der Waals surface area (Å²) in [6.45, 7) is 9.39. The van der Waals surface area contributed by atoms with E-state index in [2.05, 4.69) is 27.7 Å². The topological polar surface area (TPSA) is 20.2 Å². The molecule has 0 aliphatic rings. The Morgan fingerprint density at radius 2 is 1.07 bits per heavy atom. The van der Waals surface area contributed by atoms with E-state index >= 15 is 0 Å². The van der Waals surface area contributed by atoms with Gasteiger partial charge in [0.1, 0.15) is 0 Å². The molecule has 0 spiro atoms. The van der Waals surface area contributed by atoms with Gasteiger partial charge in [0.05, 0.1) is 0 Å². The van der Waals surface area contributed by atoms with Crippen LogP contribution in [-0.2, 0) is 0 Å². The van der Waals surface area contributed by atoms with Crippen LogP contribution in [0.15, 0.2) is 0 Å². The van der Waals surface area contributed by atoms with Crippen LogP contribution in [0.3, 0.4) is 0 Å². The third-order valence-corrected chi connectivity index (χ3v) is 3.00. The molecule has 0 saturated heterocycles. The molecule has 2 atom stereocenters. The number of hydrogen-bond donors (Lipinski definition) is 1. The van der Waals surface area contributed by atoms with Crippen molar-refractivity contribution in [1.82, 2.24) is 0 Å². The minimum absolute atomic E-state index is 0.941. The Morgan fingerprint density at radius 1 is 0.786 bits per heavy atom. The quantitative estimate of drug-likeness (QED) is 0.654. The first-order chi connectivity index (χ1) is 6.72. The highest BCUT2D eigenvalue weighted by Crippen LogP contribution is 2.22. The second-order valence-electron chi connectivity index (χ2n) is 4.24. The van der Waals surface area contributed by atoms with Gasteiger partial charge in [0.25, 0.3) is 0 Å². The number of aliphatic hydroxyl groups excluding tert-OH is 1. The highest BCUT2D eigenvalue weighted by Gasteiger charge is 2.10. The molecule has 0 aromatic rings. The predicted molar refractivity (Wildman–Crippen MR) is 65.5 cm³/mol. The van der Waals surface area contributed by atoms with Crippen molar-refractivity contribution in [2.75, 3.05) is 7.11 Å². The van der Waals surface area contributed by atoms with Crippen molar-refractivity contribution in [3.05, 3.63) is 0 Å². The Labute approximate surface area is 90.9 Å². The van der Waals surface area contributed by atoms with Gasteiger partial charge < -0.3 is 5.11 Å². The molecule has 2 unspecified atom stereocenters. The number of unbranched alkanes of at least 4 members (excludes halogenated alkanes) is 2. The van der Waals surface area contributed by atoms with Gasteiger partial charge in [-0.25, -0.2) is 0 Å². The maximum absolute atomic E-state index is 7.00. The zero-order valence-corrected chi connectivity index (χ0v) is 10.8. The molecule has 0 radical (unpaired) electrons. The fraction of sp³-hybridized carbons (Fsp3) is 1.00. The summed E-state index contributed by atoms with van der Waals surface area (Å²) in [6, 6.07) is 0. The van der Waals surface area contributed by atoms with Crippen molar-refractivity contribution in [1.29, 1.82) is 0 Å². The third-order valence-electron chi connectivity index (χ3n) is 3.00. The van der Waals surface area contributed by atoms with Crippen molar-refractivity contribution in [2.24, 2.45) is 11.8 Å². The summed E-state index contributed by atoms with van der Waals surface area (Å²) in [5.74, 6) is 1.88. The normalized spacial score (nSPS) is 14.1. The first kappa shape index (κ1) is 16.4. The largest absolute Gasteiger partial charge is 0.400 e. The average Bonchev–Trinajstić information content (AvgIpc) is 2.25. The lowest BCUT2D eigenvalue weighted by Crippen LogP contribution is -2.07. The summed E-state index contributed by atoms with van der Waals surface area (Å²) in [6.07, 6.45) is 8.40. The summed E-state index contributed by atoms with van der Waals surface area (Å²) < 4.78 is 0. The molecule has 14 heavy (non-hydrogen) atoms. The summed E-state index contributed by atoms with van der Waals surface area (Å²) in [7, 11) is 1.00. The van der Waals surface area contributed by atoms with E-state index in [0.717, 1.165) is 18.9 Å². The van der Waals surface area contributed by atoms with Gasteiger partial charge in [0.2, 0.25) is 0 Å². The molecule has 0 aliphatic carbocycles. The van der Waals surface area contributed by atoms with E-state index in [1.807, 2.05) is 0 Å². The molecule has 1 nitrogen and oxygen atoms in total. The zero-order valence-electron chi connectivity index (χ0n) is 10.8. The molecule has 0 fully saturated rings. The smallest absolute Gasteiger partial charge is 0.0319 e. The van der Waals surface area contributed by atoms with Gasteiger partial charge >= 0.3 is 0 Å². The van der Waals surface area contributed by atoms with Crippen LogP contribution >= 0.6 is 0 Å². The van der Waals surface area contributed by atoms with E-state index in [1.54, 1.807) is 0 Å². The lowest BCUT2D eigenvalue weighted by molar-refractivity contribution is 0.328. The van der Waals surface area contributed by atoms with Crippen LogP contribution in [0.1, 0.15) is 66.2 Å². The molecule has 0 amide bonds. The van der Waals surface area contributed by atoms with Crippen LogP contribution in [0.2, 0.25) is 0 Å².